The number of nitrogens with zero attached hydrogens (tertiary/aromatic N) is 1. The average Bonchev–Trinajstić information content (AvgIpc) is 2.48. The summed E-state index contributed by atoms with van der Waals surface area (Å²) in [5, 5.41) is 21.4. The van der Waals surface area contributed by atoms with Crippen molar-refractivity contribution in [1.82, 2.24) is 0 Å². The third kappa shape index (κ3) is 3.54. The van der Waals surface area contributed by atoms with E-state index in [2.05, 4.69) is 13.0 Å². The van der Waals surface area contributed by atoms with Crippen LogP contribution in [0.1, 0.15) is 57.1 Å². The van der Waals surface area contributed by atoms with Crippen LogP contribution in [0.25, 0.3) is 0 Å². The number of halogens is 2. The van der Waals surface area contributed by atoms with Gasteiger partial charge in [0.1, 0.15) is 0 Å². The smallest absolute Gasteiger partial charge is 0.0990 e. The van der Waals surface area contributed by atoms with Crippen LogP contribution in [0.5, 0.6) is 0 Å². The van der Waals surface area contributed by atoms with Crippen molar-refractivity contribution >= 4 is 23.2 Å². The van der Waals surface area contributed by atoms with Crippen molar-refractivity contribution in [2.45, 2.75) is 51.6 Å². The first-order valence-corrected chi connectivity index (χ1v) is 8.32. The molecule has 114 valence electrons. The molecule has 2 rings (SSSR count). The number of benzene rings is 1. The lowest BCUT2D eigenvalue weighted by molar-refractivity contribution is 0.0237. The van der Waals surface area contributed by atoms with Gasteiger partial charge >= 0.3 is 0 Å². The molecule has 0 heterocycles. The molecule has 1 aliphatic carbocycles. The van der Waals surface area contributed by atoms with E-state index < -0.39 is 11.5 Å². The lowest BCUT2D eigenvalue weighted by Crippen LogP contribution is -2.32. The molecule has 0 amide bonds. The summed E-state index contributed by atoms with van der Waals surface area (Å²) >= 11 is 12.1. The van der Waals surface area contributed by atoms with Gasteiger partial charge in [-0.2, -0.15) is 5.26 Å². The molecule has 1 aromatic rings. The zero-order valence-corrected chi connectivity index (χ0v) is 13.8. The van der Waals surface area contributed by atoms with Crippen LogP contribution in [0.4, 0.5) is 0 Å². The van der Waals surface area contributed by atoms with E-state index in [1.165, 1.54) is 12.8 Å². The monoisotopic (exact) mass is 325 g/mol. The molecule has 0 spiro atoms. The van der Waals surface area contributed by atoms with Crippen molar-refractivity contribution in [3.8, 4) is 6.07 Å². The quantitative estimate of drug-likeness (QED) is 0.791. The van der Waals surface area contributed by atoms with Gasteiger partial charge < -0.3 is 5.11 Å². The van der Waals surface area contributed by atoms with Crippen molar-refractivity contribution in [2.75, 3.05) is 0 Å². The summed E-state index contributed by atoms with van der Waals surface area (Å²) < 4.78 is 0. The van der Waals surface area contributed by atoms with E-state index in [0.717, 1.165) is 25.7 Å². The van der Waals surface area contributed by atoms with E-state index in [-0.39, 0.29) is 0 Å². The molecule has 4 heteroatoms. The zero-order chi connectivity index (χ0) is 15.5. The van der Waals surface area contributed by atoms with E-state index in [9.17, 15) is 10.4 Å². The molecule has 1 unspecified atom stereocenters. The van der Waals surface area contributed by atoms with Gasteiger partial charge in [0.2, 0.25) is 0 Å². The van der Waals surface area contributed by atoms with Gasteiger partial charge in [-0.3, -0.25) is 0 Å². The predicted octanol–water partition coefficient (Wildman–Crippen LogP) is 5.53. The molecule has 1 atom stereocenters. The van der Waals surface area contributed by atoms with Crippen LogP contribution in [-0.2, 0) is 0 Å². The topological polar surface area (TPSA) is 44.0 Å². The maximum absolute atomic E-state index is 10.7. The fourth-order valence-corrected chi connectivity index (χ4v) is 3.87. The van der Waals surface area contributed by atoms with Gasteiger partial charge in [0.25, 0.3) is 0 Å². The van der Waals surface area contributed by atoms with Gasteiger partial charge in [0.05, 0.1) is 17.6 Å². The van der Waals surface area contributed by atoms with Crippen LogP contribution in [0, 0.1) is 22.7 Å². The molecule has 0 bridgehead atoms. The first-order valence-electron chi connectivity index (χ1n) is 7.56. The Morgan fingerprint density at radius 2 is 2.05 bits per heavy atom. The van der Waals surface area contributed by atoms with E-state index in [4.69, 9.17) is 23.2 Å². The molecule has 0 aliphatic heterocycles. The van der Waals surface area contributed by atoms with Crippen molar-refractivity contribution in [2.24, 2.45) is 11.3 Å². The zero-order valence-electron chi connectivity index (χ0n) is 12.3. The van der Waals surface area contributed by atoms with Gasteiger partial charge in [-0.25, -0.2) is 0 Å². The Morgan fingerprint density at radius 3 is 2.57 bits per heavy atom. The van der Waals surface area contributed by atoms with E-state index in [1.807, 2.05) is 0 Å². The van der Waals surface area contributed by atoms with Crippen molar-refractivity contribution in [1.29, 1.82) is 5.26 Å². The third-order valence-electron chi connectivity index (χ3n) is 4.70. The van der Waals surface area contributed by atoms with Crippen molar-refractivity contribution in [3.05, 3.63) is 33.8 Å². The third-order valence-corrected chi connectivity index (χ3v) is 5.26. The number of hydrogen-bond acceptors (Lipinski definition) is 2. The Morgan fingerprint density at radius 1 is 1.38 bits per heavy atom. The van der Waals surface area contributed by atoms with Crippen LogP contribution in [-0.4, -0.2) is 5.11 Å². The highest BCUT2D eigenvalue weighted by Gasteiger charge is 2.42. The maximum atomic E-state index is 10.7. The second kappa shape index (κ2) is 7.01. The number of hydrogen-bond donors (Lipinski definition) is 1. The van der Waals surface area contributed by atoms with E-state index in [0.29, 0.717) is 21.5 Å². The fourth-order valence-electron chi connectivity index (χ4n) is 3.36. The number of rotatable bonds is 4. The molecule has 1 N–H and O–H groups in total. The minimum atomic E-state index is -0.852. The average molecular weight is 326 g/mol. The SMILES string of the molecule is CCCC1CCC(C#N)(C(O)c2ccc(Cl)cc2Cl)CC1. The molecule has 1 aliphatic rings. The second-order valence-corrected chi connectivity index (χ2v) is 6.91. The lowest BCUT2D eigenvalue weighted by Gasteiger charge is -2.38. The Balaban J connectivity index is 2.20. The summed E-state index contributed by atoms with van der Waals surface area (Å²) in [5.74, 6) is 0.685. The summed E-state index contributed by atoms with van der Waals surface area (Å²) in [4.78, 5) is 0. The molecular weight excluding hydrogens is 305 g/mol. The first-order chi connectivity index (χ1) is 10.0. The first kappa shape index (κ1) is 16.6. The predicted molar refractivity (Wildman–Crippen MR) is 86.3 cm³/mol. The van der Waals surface area contributed by atoms with Crippen LogP contribution in [0.2, 0.25) is 10.0 Å². The van der Waals surface area contributed by atoms with Gasteiger partial charge in [-0.05, 0) is 43.7 Å². The number of nitriles is 1. The summed E-state index contributed by atoms with van der Waals surface area (Å²) in [7, 11) is 0. The molecule has 1 saturated carbocycles. The molecule has 2 nitrogen and oxygen atoms in total. The van der Waals surface area contributed by atoms with Gasteiger partial charge in [0, 0.05) is 15.6 Å². The summed E-state index contributed by atoms with van der Waals surface area (Å²) in [5.41, 5.74) is -0.113. The Hall–Kier alpha value is -0.750. The van der Waals surface area contributed by atoms with Crippen LogP contribution < -0.4 is 0 Å². The van der Waals surface area contributed by atoms with Crippen molar-refractivity contribution in [3.63, 3.8) is 0 Å². The Kier molecular flexibility index (Phi) is 5.54. The molecular formula is C17H21Cl2NO. The number of aliphatic hydroxyl groups excluding tert-OH is 1. The minimum Gasteiger partial charge on any atom is -0.387 e. The van der Waals surface area contributed by atoms with Crippen LogP contribution in [0.3, 0.4) is 0 Å². The number of aliphatic hydroxyl groups is 1. The highest BCUT2D eigenvalue weighted by molar-refractivity contribution is 6.35. The molecule has 0 saturated heterocycles. The van der Waals surface area contributed by atoms with Crippen LogP contribution >= 0.6 is 23.2 Å². The molecule has 1 aromatic carbocycles. The molecule has 0 radical (unpaired) electrons. The summed E-state index contributed by atoms with van der Waals surface area (Å²) in [6.45, 7) is 2.19. The van der Waals surface area contributed by atoms with Crippen molar-refractivity contribution < 1.29 is 5.11 Å². The van der Waals surface area contributed by atoms with E-state index >= 15 is 0 Å². The van der Waals surface area contributed by atoms with Gasteiger partial charge in [-0.1, -0.05) is 49.0 Å². The summed E-state index contributed by atoms with van der Waals surface area (Å²) in [6, 6.07) is 7.44. The highest BCUT2D eigenvalue weighted by atomic mass is 35.5. The maximum Gasteiger partial charge on any atom is 0.0990 e. The lowest BCUT2D eigenvalue weighted by atomic mass is 9.66. The molecule has 1 fully saturated rings. The standard InChI is InChI=1S/C17H21Cl2NO/c1-2-3-12-6-8-17(11-20,9-7-12)16(21)14-5-4-13(18)10-15(14)19/h4-5,10,12,16,21H,2-3,6-9H2,1H3. The molecule has 0 aromatic heterocycles. The largest absolute Gasteiger partial charge is 0.387 e. The highest BCUT2D eigenvalue weighted by Crippen LogP contribution is 2.49. The molecule has 21 heavy (non-hydrogen) atoms. The Bertz CT molecular complexity index is 530. The van der Waals surface area contributed by atoms with E-state index in [1.54, 1.807) is 18.2 Å². The normalized spacial score (nSPS) is 27.1. The van der Waals surface area contributed by atoms with Crippen LogP contribution in [0.15, 0.2) is 18.2 Å². The minimum absolute atomic E-state index is 0.431. The van der Waals surface area contributed by atoms with Gasteiger partial charge in [0.15, 0.2) is 0 Å². The fraction of sp³-hybridized carbons (Fsp3) is 0.588. The van der Waals surface area contributed by atoms with Gasteiger partial charge in [-0.15, -0.1) is 0 Å². The second-order valence-electron chi connectivity index (χ2n) is 6.07. The Labute approximate surface area is 136 Å². The summed E-state index contributed by atoms with van der Waals surface area (Å²) in [6.07, 6.45) is 5.00.